The summed E-state index contributed by atoms with van der Waals surface area (Å²) in [6.07, 6.45) is 6.05. The Kier molecular flexibility index (Phi) is 10.7. The van der Waals surface area contributed by atoms with Gasteiger partial charge in [-0.05, 0) is 43.1 Å². The minimum Gasteiger partial charge on any atom is -0.381 e. The lowest BCUT2D eigenvalue weighted by Crippen LogP contribution is -2.29. The van der Waals surface area contributed by atoms with Crippen LogP contribution in [0.3, 0.4) is 0 Å². The summed E-state index contributed by atoms with van der Waals surface area (Å²) < 4.78 is 5.78. The topological polar surface area (TPSA) is 33.3 Å². The van der Waals surface area contributed by atoms with Crippen molar-refractivity contribution in [2.24, 2.45) is 5.92 Å². The van der Waals surface area contributed by atoms with Crippen molar-refractivity contribution in [1.82, 2.24) is 5.32 Å². The molecule has 124 valence electrons. The van der Waals surface area contributed by atoms with Crippen molar-refractivity contribution in [3.8, 4) is 0 Å². The second-order valence-electron chi connectivity index (χ2n) is 5.59. The van der Waals surface area contributed by atoms with Crippen molar-refractivity contribution in [2.45, 2.75) is 46.0 Å². The molecule has 22 heavy (non-hydrogen) atoms. The van der Waals surface area contributed by atoms with Gasteiger partial charge in [0.1, 0.15) is 0 Å². The molecular formula is C18H30N2OS. The highest BCUT2D eigenvalue weighted by molar-refractivity contribution is 7.80. The first kappa shape index (κ1) is 18.9. The number of anilines is 1. The lowest BCUT2D eigenvalue weighted by molar-refractivity contribution is 0.0928. The fourth-order valence-electron chi connectivity index (χ4n) is 2.22. The summed E-state index contributed by atoms with van der Waals surface area (Å²) in [7, 11) is 0. The molecule has 0 saturated carbocycles. The van der Waals surface area contributed by atoms with E-state index in [0.717, 1.165) is 31.9 Å². The van der Waals surface area contributed by atoms with Gasteiger partial charge in [-0.15, -0.1) is 0 Å². The average Bonchev–Trinajstić information content (AvgIpc) is 2.54. The van der Waals surface area contributed by atoms with Crippen LogP contribution in [0.5, 0.6) is 0 Å². The SMILES string of the molecule is CCCCC(CC)COCCCNC(=S)Nc1ccccc1. The maximum atomic E-state index is 5.78. The first-order valence-corrected chi connectivity index (χ1v) is 8.84. The van der Waals surface area contributed by atoms with Crippen molar-refractivity contribution in [3.63, 3.8) is 0 Å². The summed E-state index contributed by atoms with van der Waals surface area (Å²) >= 11 is 5.26. The maximum Gasteiger partial charge on any atom is 0.170 e. The fourth-order valence-corrected chi connectivity index (χ4v) is 2.44. The van der Waals surface area contributed by atoms with Crippen LogP contribution in [0.1, 0.15) is 46.0 Å². The van der Waals surface area contributed by atoms with E-state index in [-0.39, 0.29) is 0 Å². The van der Waals surface area contributed by atoms with Crippen LogP contribution in [0.25, 0.3) is 0 Å². The van der Waals surface area contributed by atoms with Gasteiger partial charge >= 0.3 is 0 Å². The molecule has 1 unspecified atom stereocenters. The fraction of sp³-hybridized carbons (Fsp3) is 0.611. The van der Waals surface area contributed by atoms with E-state index in [2.05, 4.69) is 24.5 Å². The first-order chi connectivity index (χ1) is 10.8. The Balaban J connectivity index is 2.01. The van der Waals surface area contributed by atoms with Crippen LogP contribution in [0.2, 0.25) is 0 Å². The summed E-state index contributed by atoms with van der Waals surface area (Å²) in [5.41, 5.74) is 1.01. The van der Waals surface area contributed by atoms with Crippen LogP contribution in [-0.2, 0) is 4.74 Å². The number of nitrogens with one attached hydrogen (secondary N) is 2. The smallest absolute Gasteiger partial charge is 0.170 e. The third kappa shape index (κ3) is 9.00. The molecule has 0 bridgehead atoms. The van der Waals surface area contributed by atoms with E-state index in [9.17, 15) is 0 Å². The third-order valence-electron chi connectivity index (χ3n) is 3.68. The summed E-state index contributed by atoms with van der Waals surface area (Å²) in [4.78, 5) is 0. The molecule has 0 aromatic heterocycles. The monoisotopic (exact) mass is 322 g/mol. The Morgan fingerprint density at radius 3 is 2.64 bits per heavy atom. The average molecular weight is 323 g/mol. The Hall–Kier alpha value is -1.13. The zero-order valence-corrected chi connectivity index (χ0v) is 14.8. The molecule has 0 aliphatic rings. The zero-order chi connectivity index (χ0) is 16.0. The van der Waals surface area contributed by atoms with Gasteiger partial charge in [0.2, 0.25) is 0 Å². The predicted molar refractivity (Wildman–Crippen MR) is 99.4 cm³/mol. The molecule has 4 heteroatoms. The highest BCUT2D eigenvalue weighted by Gasteiger charge is 2.05. The van der Waals surface area contributed by atoms with Crippen LogP contribution in [0.15, 0.2) is 30.3 Å². The number of unbranched alkanes of at least 4 members (excludes halogenated alkanes) is 1. The molecule has 0 spiro atoms. The summed E-state index contributed by atoms with van der Waals surface area (Å²) in [5, 5.41) is 7.04. The number of ether oxygens (including phenoxy) is 1. The molecular weight excluding hydrogens is 292 g/mol. The number of thiocarbonyl (C=S) groups is 1. The van der Waals surface area contributed by atoms with E-state index in [1.807, 2.05) is 30.3 Å². The molecule has 0 fully saturated rings. The van der Waals surface area contributed by atoms with Gasteiger partial charge in [-0.2, -0.15) is 0 Å². The molecule has 1 aromatic carbocycles. The maximum absolute atomic E-state index is 5.78. The second kappa shape index (κ2) is 12.4. The van der Waals surface area contributed by atoms with Crippen molar-refractivity contribution >= 4 is 23.0 Å². The van der Waals surface area contributed by atoms with Gasteiger partial charge < -0.3 is 15.4 Å². The molecule has 0 aliphatic carbocycles. The van der Waals surface area contributed by atoms with Crippen molar-refractivity contribution in [2.75, 3.05) is 25.1 Å². The minimum absolute atomic E-state index is 0.667. The number of benzene rings is 1. The van der Waals surface area contributed by atoms with Gasteiger partial charge in [0.25, 0.3) is 0 Å². The van der Waals surface area contributed by atoms with Crippen LogP contribution < -0.4 is 10.6 Å². The van der Waals surface area contributed by atoms with Crippen molar-refractivity contribution in [3.05, 3.63) is 30.3 Å². The molecule has 0 aliphatic heterocycles. The van der Waals surface area contributed by atoms with Gasteiger partial charge in [-0.25, -0.2) is 0 Å². The minimum atomic E-state index is 0.667. The van der Waals surface area contributed by atoms with E-state index in [1.165, 1.54) is 25.7 Å². The van der Waals surface area contributed by atoms with E-state index < -0.39 is 0 Å². The molecule has 1 atom stereocenters. The van der Waals surface area contributed by atoms with Crippen LogP contribution in [0, 0.1) is 5.92 Å². The molecule has 3 nitrogen and oxygen atoms in total. The van der Waals surface area contributed by atoms with E-state index in [4.69, 9.17) is 17.0 Å². The number of rotatable bonds is 11. The summed E-state index contributed by atoms with van der Waals surface area (Å²) in [5.74, 6) is 0.716. The normalized spacial score (nSPS) is 11.9. The van der Waals surface area contributed by atoms with Gasteiger partial charge in [-0.3, -0.25) is 0 Å². The summed E-state index contributed by atoms with van der Waals surface area (Å²) in [6.45, 7) is 7.02. The standard InChI is InChI=1S/C18H30N2OS/c1-3-5-10-16(4-2)15-21-14-9-13-19-18(22)20-17-11-7-6-8-12-17/h6-8,11-12,16H,3-5,9-10,13-15H2,1-2H3,(H2,19,20,22). The molecule has 1 aromatic rings. The molecule has 0 radical (unpaired) electrons. The number of hydrogen-bond acceptors (Lipinski definition) is 2. The molecule has 1 rings (SSSR count). The van der Waals surface area contributed by atoms with E-state index in [0.29, 0.717) is 11.0 Å². The largest absolute Gasteiger partial charge is 0.381 e. The molecule has 0 amide bonds. The number of hydrogen-bond donors (Lipinski definition) is 2. The van der Waals surface area contributed by atoms with Crippen LogP contribution >= 0.6 is 12.2 Å². The van der Waals surface area contributed by atoms with Crippen molar-refractivity contribution in [1.29, 1.82) is 0 Å². The van der Waals surface area contributed by atoms with Crippen LogP contribution in [0.4, 0.5) is 5.69 Å². The van der Waals surface area contributed by atoms with Gasteiger partial charge in [0.15, 0.2) is 5.11 Å². The Labute approximate surface area is 140 Å². The Bertz CT molecular complexity index is 397. The summed E-state index contributed by atoms with van der Waals surface area (Å²) in [6, 6.07) is 9.96. The first-order valence-electron chi connectivity index (χ1n) is 8.43. The van der Waals surface area contributed by atoms with Crippen LogP contribution in [-0.4, -0.2) is 24.9 Å². The Morgan fingerprint density at radius 2 is 1.95 bits per heavy atom. The second-order valence-corrected chi connectivity index (χ2v) is 6.00. The predicted octanol–water partition coefficient (Wildman–Crippen LogP) is 4.60. The lowest BCUT2D eigenvalue weighted by atomic mass is 10.0. The number of para-hydroxylation sites is 1. The highest BCUT2D eigenvalue weighted by atomic mass is 32.1. The molecule has 0 heterocycles. The quantitative estimate of drug-likeness (QED) is 0.461. The van der Waals surface area contributed by atoms with E-state index >= 15 is 0 Å². The van der Waals surface area contributed by atoms with Gasteiger partial charge in [-0.1, -0.05) is 51.3 Å². The third-order valence-corrected chi connectivity index (χ3v) is 3.93. The van der Waals surface area contributed by atoms with Crippen molar-refractivity contribution < 1.29 is 4.74 Å². The van der Waals surface area contributed by atoms with Gasteiger partial charge in [0.05, 0.1) is 0 Å². The highest BCUT2D eigenvalue weighted by Crippen LogP contribution is 2.12. The molecule has 2 N–H and O–H groups in total. The molecule has 0 saturated heterocycles. The zero-order valence-electron chi connectivity index (χ0n) is 13.9. The Morgan fingerprint density at radius 1 is 1.18 bits per heavy atom. The van der Waals surface area contributed by atoms with E-state index in [1.54, 1.807) is 0 Å². The van der Waals surface area contributed by atoms with Gasteiger partial charge in [0, 0.05) is 25.4 Å². The lowest BCUT2D eigenvalue weighted by Gasteiger charge is -2.15.